The highest BCUT2D eigenvalue weighted by Gasteiger charge is 2.15. The lowest BCUT2D eigenvalue weighted by Crippen LogP contribution is -2.33. The molecule has 0 amide bonds. The van der Waals surface area contributed by atoms with E-state index in [-0.39, 0.29) is 5.92 Å². The first kappa shape index (κ1) is 14.3. The maximum absolute atomic E-state index is 5.64. The van der Waals surface area contributed by atoms with Crippen molar-refractivity contribution in [3.05, 3.63) is 5.82 Å². The van der Waals surface area contributed by atoms with Gasteiger partial charge in [-0.15, -0.1) is 0 Å². The van der Waals surface area contributed by atoms with E-state index in [0.717, 1.165) is 36.9 Å². The van der Waals surface area contributed by atoms with Crippen LogP contribution in [-0.4, -0.2) is 27.4 Å². The Hall–Kier alpha value is -0.750. The Morgan fingerprint density at radius 2 is 2.24 bits per heavy atom. The van der Waals surface area contributed by atoms with Crippen LogP contribution < -0.4 is 10.6 Å². The number of aryl methyl sites for hydroxylation is 1. The molecule has 96 valence electrons. The number of nitrogens with zero attached hydrogens (tertiary/aromatic N) is 3. The summed E-state index contributed by atoms with van der Waals surface area (Å²) in [5, 5.41) is 0.971. The minimum atomic E-state index is 0.198. The number of aromatic nitrogens is 2. The van der Waals surface area contributed by atoms with Gasteiger partial charge in [0, 0.05) is 37.0 Å². The van der Waals surface area contributed by atoms with Crippen LogP contribution in [0.15, 0.2) is 0 Å². The van der Waals surface area contributed by atoms with Crippen molar-refractivity contribution in [3.63, 3.8) is 0 Å². The summed E-state index contributed by atoms with van der Waals surface area (Å²) in [4.78, 5) is 7.27. The van der Waals surface area contributed by atoms with Gasteiger partial charge in [0.1, 0.15) is 5.82 Å². The molecule has 0 radical (unpaired) electrons. The molecular formula is C11H20N4S2. The minimum absolute atomic E-state index is 0.198. The van der Waals surface area contributed by atoms with Crippen molar-refractivity contribution in [1.82, 2.24) is 9.36 Å². The van der Waals surface area contributed by atoms with E-state index in [4.69, 9.17) is 18.0 Å². The Kier molecular flexibility index (Phi) is 5.77. The fourth-order valence-corrected chi connectivity index (χ4v) is 2.32. The molecule has 4 nitrogen and oxygen atoms in total. The van der Waals surface area contributed by atoms with Gasteiger partial charge in [-0.2, -0.15) is 4.37 Å². The maximum Gasteiger partial charge on any atom is 0.205 e. The van der Waals surface area contributed by atoms with Gasteiger partial charge in [-0.25, -0.2) is 4.98 Å². The molecule has 0 aliphatic heterocycles. The van der Waals surface area contributed by atoms with E-state index in [1.165, 1.54) is 11.5 Å². The second-order valence-corrected chi connectivity index (χ2v) is 5.29. The van der Waals surface area contributed by atoms with E-state index in [1.807, 2.05) is 6.92 Å². The zero-order valence-electron chi connectivity index (χ0n) is 10.6. The zero-order valence-corrected chi connectivity index (χ0v) is 12.3. The van der Waals surface area contributed by atoms with Crippen LogP contribution in [0.1, 0.15) is 33.0 Å². The SMILES string of the molecule is CCCc1nsc(N(CC)CC(C)C(N)=S)n1. The van der Waals surface area contributed by atoms with Crippen LogP contribution in [0.25, 0.3) is 0 Å². The van der Waals surface area contributed by atoms with Crippen LogP contribution in [0.2, 0.25) is 0 Å². The first-order valence-corrected chi connectivity index (χ1v) is 7.13. The molecule has 1 rings (SSSR count). The van der Waals surface area contributed by atoms with Gasteiger partial charge in [-0.1, -0.05) is 26.1 Å². The molecule has 17 heavy (non-hydrogen) atoms. The average Bonchev–Trinajstić information content (AvgIpc) is 2.74. The number of hydrogen-bond acceptors (Lipinski definition) is 5. The van der Waals surface area contributed by atoms with Crippen molar-refractivity contribution < 1.29 is 0 Å². The molecule has 1 heterocycles. The maximum atomic E-state index is 5.64. The molecule has 0 fully saturated rings. The van der Waals surface area contributed by atoms with Gasteiger partial charge in [-0.05, 0) is 13.3 Å². The van der Waals surface area contributed by atoms with Crippen molar-refractivity contribution >= 4 is 33.9 Å². The number of rotatable bonds is 7. The van der Waals surface area contributed by atoms with Gasteiger partial charge in [0.25, 0.3) is 0 Å². The molecule has 1 aromatic rings. The molecule has 6 heteroatoms. The molecule has 0 spiro atoms. The van der Waals surface area contributed by atoms with Crippen molar-refractivity contribution in [2.24, 2.45) is 11.7 Å². The summed E-state index contributed by atoms with van der Waals surface area (Å²) in [6.45, 7) is 7.99. The molecule has 1 atom stereocenters. The molecule has 0 aliphatic rings. The third-order valence-electron chi connectivity index (χ3n) is 2.56. The van der Waals surface area contributed by atoms with Gasteiger partial charge < -0.3 is 10.6 Å². The molecule has 0 aromatic carbocycles. The molecule has 1 aromatic heterocycles. The number of hydrogen-bond donors (Lipinski definition) is 1. The first-order chi connectivity index (χ1) is 8.08. The van der Waals surface area contributed by atoms with E-state index in [1.54, 1.807) is 0 Å². The van der Waals surface area contributed by atoms with Crippen LogP contribution in [-0.2, 0) is 6.42 Å². The Morgan fingerprint density at radius 1 is 1.53 bits per heavy atom. The Morgan fingerprint density at radius 3 is 2.76 bits per heavy atom. The Balaban J connectivity index is 2.68. The van der Waals surface area contributed by atoms with E-state index >= 15 is 0 Å². The minimum Gasteiger partial charge on any atom is -0.393 e. The van der Waals surface area contributed by atoms with Gasteiger partial charge in [-0.3, -0.25) is 0 Å². The van der Waals surface area contributed by atoms with E-state index in [2.05, 4.69) is 28.1 Å². The van der Waals surface area contributed by atoms with E-state index in [0.29, 0.717) is 4.99 Å². The topological polar surface area (TPSA) is 55.0 Å². The van der Waals surface area contributed by atoms with Crippen LogP contribution in [0.5, 0.6) is 0 Å². The summed E-state index contributed by atoms with van der Waals surface area (Å²) < 4.78 is 4.35. The molecule has 0 saturated heterocycles. The highest BCUT2D eigenvalue weighted by atomic mass is 32.1. The molecular weight excluding hydrogens is 252 g/mol. The van der Waals surface area contributed by atoms with Gasteiger partial charge in [0.2, 0.25) is 5.13 Å². The standard InChI is InChI=1S/C11H20N4S2/c1-4-6-9-13-11(17-14-9)15(5-2)7-8(3)10(12)16/h8H,4-7H2,1-3H3,(H2,12,16). The highest BCUT2D eigenvalue weighted by molar-refractivity contribution is 7.80. The average molecular weight is 272 g/mol. The molecule has 1 unspecified atom stereocenters. The van der Waals surface area contributed by atoms with Gasteiger partial charge in [0.15, 0.2) is 0 Å². The fraction of sp³-hybridized carbons (Fsp3) is 0.727. The summed E-state index contributed by atoms with van der Waals surface area (Å²) in [6.07, 6.45) is 2.02. The molecule has 0 saturated carbocycles. The van der Waals surface area contributed by atoms with Crippen molar-refractivity contribution in [2.75, 3.05) is 18.0 Å². The fourth-order valence-electron chi connectivity index (χ4n) is 1.46. The largest absolute Gasteiger partial charge is 0.393 e. The molecule has 0 aliphatic carbocycles. The Bertz CT molecular complexity index is 364. The lowest BCUT2D eigenvalue weighted by Gasteiger charge is -2.22. The second-order valence-electron chi connectivity index (χ2n) is 4.09. The van der Waals surface area contributed by atoms with Crippen LogP contribution in [0, 0.1) is 5.92 Å². The van der Waals surface area contributed by atoms with Crippen molar-refractivity contribution in [3.8, 4) is 0 Å². The third kappa shape index (κ3) is 4.20. The van der Waals surface area contributed by atoms with Crippen LogP contribution in [0.3, 0.4) is 0 Å². The van der Waals surface area contributed by atoms with Gasteiger partial charge >= 0.3 is 0 Å². The van der Waals surface area contributed by atoms with E-state index in [9.17, 15) is 0 Å². The first-order valence-electron chi connectivity index (χ1n) is 5.95. The summed E-state index contributed by atoms with van der Waals surface area (Å²) in [5.74, 6) is 1.14. The lowest BCUT2D eigenvalue weighted by molar-refractivity contribution is 0.703. The predicted molar refractivity (Wildman–Crippen MR) is 77.7 cm³/mol. The molecule has 0 bridgehead atoms. The number of thiocarbonyl (C=S) groups is 1. The number of nitrogens with two attached hydrogens (primary N) is 1. The summed E-state index contributed by atoms with van der Waals surface area (Å²) in [6, 6.07) is 0. The Labute approximate surface area is 112 Å². The quantitative estimate of drug-likeness (QED) is 0.772. The normalized spacial score (nSPS) is 12.4. The zero-order chi connectivity index (χ0) is 12.8. The smallest absolute Gasteiger partial charge is 0.205 e. The second kappa shape index (κ2) is 6.86. The van der Waals surface area contributed by atoms with Crippen molar-refractivity contribution in [2.45, 2.75) is 33.6 Å². The highest BCUT2D eigenvalue weighted by Crippen LogP contribution is 2.19. The summed E-state index contributed by atoms with van der Waals surface area (Å²) in [5.41, 5.74) is 5.64. The third-order valence-corrected chi connectivity index (χ3v) is 3.78. The van der Waals surface area contributed by atoms with Crippen LogP contribution in [0.4, 0.5) is 5.13 Å². The lowest BCUT2D eigenvalue weighted by atomic mass is 10.2. The summed E-state index contributed by atoms with van der Waals surface area (Å²) >= 11 is 6.46. The summed E-state index contributed by atoms with van der Waals surface area (Å²) in [7, 11) is 0. The predicted octanol–water partition coefficient (Wildman–Crippen LogP) is 2.24. The van der Waals surface area contributed by atoms with Gasteiger partial charge in [0.05, 0.1) is 4.99 Å². The van der Waals surface area contributed by atoms with Crippen molar-refractivity contribution in [1.29, 1.82) is 0 Å². The van der Waals surface area contributed by atoms with E-state index < -0.39 is 0 Å². The monoisotopic (exact) mass is 272 g/mol. The van der Waals surface area contributed by atoms with Crippen LogP contribution >= 0.6 is 23.8 Å². The number of anilines is 1. The molecule has 2 N–H and O–H groups in total.